The molecule has 0 bridgehead atoms. The van der Waals surface area contributed by atoms with E-state index in [0.717, 1.165) is 5.06 Å². The zero-order chi connectivity index (χ0) is 7.44. The van der Waals surface area contributed by atoms with Gasteiger partial charge in [-0.3, -0.25) is 4.76 Å². The van der Waals surface area contributed by atoms with Crippen LogP contribution in [-0.4, -0.2) is 40.8 Å². The topological polar surface area (TPSA) is 73.2 Å². The molecule has 0 rings (SSSR count). The molecule has 3 N–H and O–H groups in total. The third kappa shape index (κ3) is 4.37. The van der Waals surface area contributed by atoms with Crippen LogP contribution in [0.1, 0.15) is 6.92 Å². The Morgan fingerprint density at radius 1 is 1.56 bits per heavy atom. The van der Waals surface area contributed by atoms with Crippen LogP contribution in [0.2, 0.25) is 0 Å². The molecular weight excluding hydrogens is 125 g/mol. The number of hydrogen-bond donors (Lipinski definition) is 3. The van der Waals surface area contributed by atoms with Gasteiger partial charge in [0.25, 0.3) is 0 Å². The maximum absolute atomic E-state index is 8.65. The van der Waals surface area contributed by atoms with Crippen molar-refractivity contribution in [3.05, 3.63) is 0 Å². The van der Waals surface area contributed by atoms with Gasteiger partial charge in [0, 0.05) is 7.05 Å². The zero-order valence-corrected chi connectivity index (χ0v) is 5.35. The second-order valence-electron chi connectivity index (χ2n) is 1.61. The van der Waals surface area contributed by atoms with E-state index in [-0.39, 0.29) is 0 Å². The van der Waals surface area contributed by atoms with E-state index >= 15 is 0 Å². The first-order valence-corrected chi connectivity index (χ1v) is 2.48. The molecule has 1 unspecified atom stereocenters. The van der Waals surface area contributed by atoms with E-state index in [9.17, 15) is 0 Å². The highest BCUT2D eigenvalue weighted by molar-refractivity contribution is 6.32. The van der Waals surface area contributed by atoms with Gasteiger partial charge in [-0.05, 0) is 6.92 Å². The van der Waals surface area contributed by atoms with Gasteiger partial charge in [0.05, 0.1) is 0 Å². The van der Waals surface area contributed by atoms with Crippen LogP contribution >= 0.6 is 0 Å². The van der Waals surface area contributed by atoms with Gasteiger partial charge in [-0.2, -0.15) is 5.06 Å². The number of rotatable bonds is 3. The Balaban J connectivity index is 3.38. The lowest BCUT2D eigenvalue weighted by Gasteiger charge is -2.18. The van der Waals surface area contributed by atoms with Gasteiger partial charge in [-0.25, -0.2) is 0 Å². The molecule has 5 nitrogen and oxygen atoms in total. The van der Waals surface area contributed by atoms with E-state index < -0.39 is 13.5 Å². The normalized spacial score (nSPS) is 14.0. The molecule has 0 aromatic heterocycles. The summed E-state index contributed by atoms with van der Waals surface area (Å²) in [7, 11) is -0.492. The minimum atomic E-state index is -1.87. The fourth-order valence-electron chi connectivity index (χ4n) is 0.237. The van der Waals surface area contributed by atoms with Crippen molar-refractivity contribution in [2.24, 2.45) is 0 Å². The summed E-state index contributed by atoms with van der Waals surface area (Å²) in [5.74, 6) is 0. The zero-order valence-electron chi connectivity index (χ0n) is 5.35. The number of hydrogen-bond acceptors (Lipinski definition) is 5. The third-order valence-electron chi connectivity index (χ3n) is 0.787. The summed E-state index contributed by atoms with van der Waals surface area (Å²) < 4.78 is 4.21. The molecule has 1 atom stereocenters. The van der Waals surface area contributed by atoms with Crippen LogP contribution in [0.25, 0.3) is 0 Å². The highest BCUT2D eigenvalue weighted by Crippen LogP contribution is 1.90. The fourth-order valence-corrected chi connectivity index (χ4v) is 0.237. The molecule has 0 aromatic rings. The summed E-state index contributed by atoms with van der Waals surface area (Å²) in [5, 5.41) is 25.9. The molecule has 0 fully saturated rings. The van der Waals surface area contributed by atoms with Crippen LogP contribution in [0.15, 0.2) is 0 Å². The van der Waals surface area contributed by atoms with Gasteiger partial charge in [0.2, 0.25) is 0 Å². The Bertz CT molecular complexity index is 78.2. The molecule has 0 aliphatic rings. The predicted molar refractivity (Wildman–Crippen MR) is 30.7 cm³/mol. The predicted octanol–water partition coefficient (Wildman–Crippen LogP) is -1.84. The highest BCUT2D eigenvalue weighted by atomic mass is 16.8. The second kappa shape index (κ2) is 3.81. The quantitative estimate of drug-likeness (QED) is 0.241. The van der Waals surface area contributed by atoms with Crippen molar-refractivity contribution < 1.29 is 19.9 Å². The smallest absolute Gasteiger partial charge is 0.401 e. The summed E-state index contributed by atoms with van der Waals surface area (Å²) in [4.78, 5) is 0. The molecule has 0 aromatic carbocycles. The molecule has 0 saturated heterocycles. The Morgan fingerprint density at radius 2 is 2.00 bits per heavy atom. The molecule has 0 aliphatic heterocycles. The van der Waals surface area contributed by atoms with E-state index in [1.54, 1.807) is 0 Å². The number of aliphatic hydroxyl groups is 1. The van der Waals surface area contributed by atoms with Crippen LogP contribution in [0.4, 0.5) is 0 Å². The molecule has 6 heteroatoms. The molecule has 0 saturated carbocycles. The van der Waals surface area contributed by atoms with Gasteiger partial charge in [0.1, 0.15) is 6.23 Å². The van der Waals surface area contributed by atoms with E-state index in [1.165, 1.54) is 14.0 Å². The van der Waals surface area contributed by atoms with E-state index in [0.29, 0.717) is 0 Å². The average Bonchev–Trinajstić information content (AvgIpc) is 1.63. The fraction of sp³-hybridized carbons (Fsp3) is 1.00. The number of nitrogens with zero attached hydrogens (tertiary/aromatic N) is 1. The molecule has 0 amide bonds. The Hall–Kier alpha value is -0.135. The molecule has 54 valence electrons. The Morgan fingerprint density at radius 3 is 2.11 bits per heavy atom. The first kappa shape index (κ1) is 8.86. The molecule has 0 aliphatic carbocycles. The highest BCUT2D eigenvalue weighted by Gasteiger charge is 2.15. The minimum Gasteiger partial charge on any atom is -0.401 e. The van der Waals surface area contributed by atoms with Crippen LogP contribution in [0.3, 0.4) is 0 Å². The first-order chi connectivity index (χ1) is 4.04. The molecule has 0 radical (unpaired) electrons. The van der Waals surface area contributed by atoms with Gasteiger partial charge in [0.15, 0.2) is 0 Å². The average molecular weight is 135 g/mol. The Kier molecular flexibility index (Phi) is 3.75. The summed E-state index contributed by atoms with van der Waals surface area (Å²) in [5.41, 5.74) is 0. The van der Waals surface area contributed by atoms with Crippen molar-refractivity contribution in [3.8, 4) is 0 Å². The van der Waals surface area contributed by atoms with Crippen LogP contribution in [0.5, 0.6) is 0 Å². The van der Waals surface area contributed by atoms with Gasteiger partial charge >= 0.3 is 7.32 Å². The SMILES string of the molecule is CC(O)N(C)OB(O)O. The van der Waals surface area contributed by atoms with Crippen LogP contribution in [0, 0.1) is 0 Å². The van der Waals surface area contributed by atoms with Crippen LogP contribution < -0.4 is 0 Å². The van der Waals surface area contributed by atoms with E-state index in [2.05, 4.69) is 4.76 Å². The lowest BCUT2D eigenvalue weighted by molar-refractivity contribution is -0.166. The third-order valence-corrected chi connectivity index (χ3v) is 0.787. The summed E-state index contributed by atoms with van der Waals surface area (Å²) in [6.07, 6.45) is -0.855. The van der Waals surface area contributed by atoms with E-state index in [1.807, 2.05) is 0 Å². The summed E-state index contributed by atoms with van der Waals surface area (Å²) in [6.45, 7) is 1.43. The molecule has 9 heavy (non-hydrogen) atoms. The van der Waals surface area contributed by atoms with Gasteiger partial charge < -0.3 is 15.2 Å². The maximum Gasteiger partial charge on any atom is 0.651 e. The van der Waals surface area contributed by atoms with Crippen molar-refractivity contribution in [2.45, 2.75) is 13.2 Å². The minimum absolute atomic E-state index is 0.855. The molecule has 0 heterocycles. The number of aliphatic hydroxyl groups excluding tert-OH is 1. The first-order valence-electron chi connectivity index (χ1n) is 2.48. The van der Waals surface area contributed by atoms with E-state index in [4.69, 9.17) is 15.2 Å². The van der Waals surface area contributed by atoms with Crippen molar-refractivity contribution in [1.82, 2.24) is 5.06 Å². The summed E-state index contributed by atoms with van der Waals surface area (Å²) >= 11 is 0. The van der Waals surface area contributed by atoms with Crippen LogP contribution in [-0.2, 0) is 4.76 Å². The lowest BCUT2D eigenvalue weighted by Crippen LogP contribution is -2.35. The maximum atomic E-state index is 8.65. The standard InChI is InChI=1S/C3H10BNO4/c1-3(6)5(2)9-4(7)8/h3,6-8H,1-2H3. The molecule has 0 spiro atoms. The monoisotopic (exact) mass is 135 g/mol. The lowest BCUT2D eigenvalue weighted by atomic mass is 10.3. The van der Waals surface area contributed by atoms with Crippen molar-refractivity contribution in [2.75, 3.05) is 7.05 Å². The molecular formula is C3H10BNO4. The Labute approximate surface area is 53.6 Å². The van der Waals surface area contributed by atoms with Crippen molar-refractivity contribution >= 4 is 7.32 Å². The number of hydroxylamine groups is 2. The van der Waals surface area contributed by atoms with Crippen molar-refractivity contribution in [3.63, 3.8) is 0 Å². The van der Waals surface area contributed by atoms with Crippen molar-refractivity contribution in [1.29, 1.82) is 0 Å². The second-order valence-corrected chi connectivity index (χ2v) is 1.61. The summed E-state index contributed by atoms with van der Waals surface area (Å²) in [6, 6.07) is 0. The van der Waals surface area contributed by atoms with Gasteiger partial charge in [-0.15, -0.1) is 0 Å². The largest absolute Gasteiger partial charge is 0.651 e. The van der Waals surface area contributed by atoms with Gasteiger partial charge in [-0.1, -0.05) is 0 Å².